The van der Waals surface area contributed by atoms with E-state index in [-0.39, 0.29) is 28.2 Å². The van der Waals surface area contributed by atoms with Crippen LogP contribution in [0, 0.1) is 10.1 Å². The number of hydrogen-bond acceptors (Lipinski definition) is 8. The van der Waals surface area contributed by atoms with Gasteiger partial charge in [0.25, 0.3) is 17.2 Å². The number of rotatable bonds is 6. The smallest absolute Gasteiger partial charge is 0.359 e. The van der Waals surface area contributed by atoms with Crippen LogP contribution in [0.25, 0.3) is 10.8 Å². The van der Waals surface area contributed by atoms with Crippen LogP contribution < -0.4 is 15.6 Å². The number of nitro groups is 1. The van der Waals surface area contributed by atoms with Crippen LogP contribution >= 0.6 is 0 Å². The number of nitro benzene ring substituents is 1. The number of hydrogen-bond donors (Lipinski definition) is 2. The highest BCUT2D eigenvalue weighted by atomic mass is 16.6. The number of aromatic nitrogens is 2. The Bertz CT molecular complexity index is 1170. The van der Waals surface area contributed by atoms with Gasteiger partial charge in [-0.25, -0.2) is 9.89 Å². The molecule has 3 aromatic rings. The van der Waals surface area contributed by atoms with Crippen molar-refractivity contribution in [2.75, 3.05) is 19.0 Å². The highest BCUT2D eigenvalue weighted by Crippen LogP contribution is 2.28. The number of H-pyrrole nitrogens is 1. The first-order chi connectivity index (χ1) is 13.9. The van der Waals surface area contributed by atoms with Crippen molar-refractivity contribution >= 4 is 34.0 Å². The first kappa shape index (κ1) is 19.5. The number of carbonyl (C=O) groups excluding carboxylic acids is 2. The van der Waals surface area contributed by atoms with Crippen molar-refractivity contribution in [2.45, 2.75) is 0 Å². The number of ether oxygens (including phenoxy) is 2. The van der Waals surface area contributed by atoms with E-state index in [9.17, 15) is 24.5 Å². The maximum absolute atomic E-state index is 12.3. The molecule has 0 unspecified atom stereocenters. The van der Waals surface area contributed by atoms with Crippen LogP contribution in [-0.4, -0.2) is 40.7 Å². The van der Waals surface area contributed by atoms with E-state index < -0.39 is 29.0 Å². The van der Waals surface area contributed by atoms with E-state index in [1.807, 2.05) is 0 Å². The maximum Gasteiger partial charge on any atom is 0.359 e. The van der Waals surface area contributed by atoms with Crippen LogP contribution in [0.4, 0.5) is 11.4 Å². The second kappa shape index (κ2) is 8.17. The average molecular weight is 398 g/mol. The lowest BCUT2D eigenvalue weighted by atomic mass is 10.1. The number of nitrogens with zero attached hydrogens (tertiary/aromatic N) is 2. The van der Waals surface area contributed by atoms with Gasteiger partial charge in [0.1, 0.15) is 5.75 Å². The van der Waals surface area contributed by atoms with E-state index >= 15 is 0 Å². The van der Waals surface area contributed by atoms with E-state index in [0.29, 0.717) is 5.39 Å². The zero-order valence-electron chi connectivity index (χ0n) is 15.0. The Hall–Kier alpha value is -4.28. The molecule has 0 atom stereocenters. The summed E-state index contributed by atoms with van der Waals surface area (Å²) in [6, 6.07) is 9.98. The fraction of sp³-hybridized carbons (Fsp3) is 0.111. The number of amides is 1. The fourth-order valence-corrected chi connectivity index (χ4v) is 2.55. The topological polar surface area (TPSA) is 154 Å². The number of fused-ring (bicyclic) bond motifs is 1. The minimum absolute atomic E-state index is 0.0761. The zero-order chi connectivity index (χ0) is 21.0. The van der Waals surface area contributed by atoms with Crippen molar-refractivity contribution in [3.05, 3.63) is 68.6 Å². The van der Waals surface area contributed by atoms with E-state index in [2.05, 4.69) is 15.5 Å². The van der Waals surface area contributed by atoms with E-state index in [4.69, 9.17) is 9.47 Å². The summed E-state index contributed by atoms with van der Waals surface area (Å²) in [4.78, 5) is 46.3. The number of anilines is 1. The Morgan fingerprint density at radius 2 is 1.93 bits per heavy atom. The summed E-state index contributed by atoms with van der Waals surface area (Å²) in [5, 5.41) is 19.7. The number of esters is 1. The van der Waals surface area contributed by atoms with E-state index in [1.54, 1.807) is 12.1 Å². The van der Waals surface area contributed by atoms with Gasteiger partial charge in [0.05, 0.1) is 29.2 Å². The van der Waals surface area contributed by atoms with Crippen molar-refractivity contribution < 1.29 is 24.0 Å². The minimum atomic E-state index is -0.900. The molecule has 11 nitrogen and oxygen atoms in total. The third-order valence-electron chi connectivity index (χ3n) is 3.89. The lowest BCUT2D eigenvalue weighted by Gasteiger charge is -2.10. The molecule has 0 aliphatic carbocycles. The minimum Gasteiger partial charge on any atom is -0.494 e. The molecular formula is C18H14N4O7. The number of methoxy groups -OCH3 is 1. The molecule has 3 rings (SSSR count). The maximum atomic E-state index is 12.3. The van der Waals surface area contributed by atoms with Crippen LogP contribution in [0.15, 0.2) is 47.3 Å². The predicted molar refractivity (Wildman–Crippen MR) is 101 cm³/mol. The van der Waals surface area contributed by atoms with Crippen LogP contribution in [0.1, 0.15) is 10.5 Å². The molecule has 0 saturated heterocycles. The third kappa shape index (κ3) is 4.18. The van der Waals surface area contributed by atoms with Gasteiger partial charge in [0.2, 0.25) is 0 Å². The Kier molecular flexibility index (Phi) is 5.49. The number of non-ortho nitro benzene ring substituents is 1. The molecule has 0 fully saturated rings. The van der Waals surface area contributed by atoms with Gasteiger partial charge in [-0.15, -0.1) is 0 Å². The average Bonchev–Trinajstić information content (AvgIpc) is 2.72. The lowest BCUT2D eigenvalue weighted by molar-refractivity contribution is -0.384. The largest absolute Gasteiger partial charge is 0.494 e. The normalized spacial score (nSPS) is 10.4. The van der Waals surface area contributed by atoms with Gasteiger partial charge in [-0.1, -0.05) is 18.2 Å². The van der Waals surface area contributed by atoms with Gasteiger partial charge in [0, 0.05) is 11.5 Å². The monoisotopic (exact) mass is 398 g/mol. The second-order valence-electron chi connectivity index (χ2n) is 5.71. The first-order valence-corrected chi connectivity index (χ1v) is 8.17. The molecule has 29 heavy (non-hydrogen) atoms. The quantitative estimate of drug-likeness (QED) is 0.361. The highest BCUT2D eigenvalue weighted by Gasteiger charge is 2.18. The third-order valence-corrected chi connectivity index (χ3v) is 3.89. The van der Waals surface area contributed by atoms with Gasteiger partial charge in [0.15, 0.2) is 12.3 Å². The van der Waals surface area contributed by atoms with Gasteiger partial charge in [-0.3, -0.25) is 19.7 Å². The summed E-state index contributed by atoms with van der Waals surface area (Å²) >= 11 is 0. The van der Waals surface area contributed by atoms with Crippen LogP contribution in [0.3, 0.4) is 0 Å². The van der Waals surface area contributed by atoms with Crippen molar-refractivity contribution in [2.24, 2.45) is 0 Å². The summed E-state index contributed by atoms with van der Waals surface area (Å²) in [6.45, 7) is -0.645. The highest BCUT2D eigenvalue weighted by molar-refractivity contribution is 6.03. The lowest BCUT2D eigenvalue weighted by Crippen LogP contribution is -2.23. The Morgan fingerprint density at radius 3 is 2.62 bits per heavy atom. The van der Waals surface area contributed by atoms with Gasteiger partial charge in [-0.2, -0.15) is 5.10 Å². The molecule has 148 valence electrons. The Balaban J connectivity index is 1.70. The molecule has 2 N–H and O–H groups in total. The molecule has 1 aromatic heterocycles. The van der Waals surface area contributed by atoms with E-state index in [1.165, 1.54) is 31.4 Å². The predicted octanol–water partition coefficient (Wildman–Crippen LogP) is 1.64. The van der Waals surface area contributed by atoms with Crippen LogP contribution in [-0.2, 0) is 9.53 Å². The molecule has 0 bridgehead atoms. The Labute approximate surface area is 162 Å². The summed E-state index contributed by atoms with van der Waals surface area (Å²) in [7, 11) is 1.29. The van der Waals surface area contributed by atoms with Gasteiger partial charge < -0.3 is 14.8 Å². The Morgan fingerprint density at radius 1 is 1.21 bits per heavy atom. The molecular weight excluding hydrogens is 384 g/mol. The molecule has 11 heteroatoms. The van der Waals surface area contributed by atoms with Crippen molar-refractivity contribution in [3.8, 4) is 5.75 Å². The van der Waals surface area contributed by atoms with Gasteiger partial charge >= 0.3 is 5.97 Å². The number of nitrogens with one attached hydrogen (secondary N) is 2. The van der Waals surface area contributed by atoms with Gasteiger partial charge in [-0.05, 0) is 12.1 Å². The molecule has 0 radical (unpaired) electrons. The number of carbonyl (C=O) groups is 2. The number of aromatic amines is 1. The molecule has 1 heterocycles. The SMILES string of the molecule is COc1cc([N+](=O)[O-])ccc1NC(=O)COC(=O)c1n[nH]c(=O)c2ccccc12. The summed E-state index contributed by atoms with van der Waals surface area (Å²) < 4.78 is 9.98. The summed E-state index contributed by atoms with van der Waals surface area (Å²) in [5.41, 5.74) is -0.630. The second-order valence-corrected chi connectivity index (χ2v) is 5.71. The summed E-state index contributed by atoms with van der Waals surface area (Å²) in [5.74, 6) is -1.52. The van der Waals surface area contributed by atoms with Crippen LogP contribution in [0.5, 0.6) is 5.75 Å². The van der Waals surface area contributed by atoms with Crippen molar-refractivity contribution in [3.63, 3.8) is 0 Å². The molecule has 0 aliphatic heterocycles. The standard InChI is InChI=1S/C18H14N4O7/c1-28-14-8-10(22(26)27)6-7-13(14)19-15(23)9-29-18(25)16-11-4-2-3-5-12(11)17(24)21-20-16/h2-8H,9H2,1H3,(H,19,23)(H,21,24). The van der Waals surface area contributed by atoms with Crippen molar-refractivity contribution in [1.29, 1.82) is 0 Å². The molecule has 0 saturated carbocycles. The first-order valence-electron chi connectivity index (χ1n) is 8.17. The molecule has 2 aromatic carbocycles. The molecule has 0 aliphatic rings. The van der Waals surface area contributed by atoms with E-state index in [0.717, 1.165) is 6.07 Å². The molecule has 1 amide bonds. The van der Waals surface area contributed by atoms with Crippen LogP contribution in [0.2, 0.25) is 0 Å². The number of benzene rings is 2. The summed E-state index contributed by atoms with van der Waals surface area (Å²) in [6.07, 6.45) is 0. The van der Waals surface area contributed by atoms with Crippen molar-refractivity contribution in [1.82, 2.24) is 10.2 Å². The molecule has 0 spiro atoms. The fourth-order valence-electron chi connectivity index (χ4n) is 2.55. The zero-order valence-corrected chi connectivity index (χ0v) is 15.0.